The number of sulfonamides is 1. The maximum Gasteiger partial charge on any atom is 0.259 e. The minimum atomic E-state index is -3.56. The molecule has 1 fully saturated rings. The summed E-state index contributed by atoms with van der Waals surface area (Å²) in [5, 5.41) is 0. The third-order valence-corrected chi connectivity index (χ3v) is 6.02. The Hall–Kier alpha value is -2.09. The number of nitrogens with zero attached hydrogens (tertiary/aromatic N) is 2. The molecular formula is C19H27N3O4S. The van der Waals surface area contributed by atoms with Crippen molar-refractivity contribution in [3.05, 3.63) is 29.3 Å². The molecule has 0 unspecified atom stereocenters. The third kappa shape index (κ3) is 4.80. The largest absolute Gasteiger partial charge is 0.492 e. The molecule has 0 aromatic heterocycles. The molecule has 7 nitrogen and oxygen atoms in total. The molecule has 8 heteroatoms. The van der Waals surface area contributed by atoms with Crippen LogP contribution in [0.1, 0.15) is 44.2 Å². The molecule has 0 saturated carbocycles. The standard InChI is InChI=1S/C19H27N3O4S/c1-13(2)9-17(23)22-8-4-5-14(10-22)11-26-16-7-3-6-15-12-27(24,25)21-19(20)18(15)16/h3,6-7,13-14H,4-5,8-12H2,1-2H3,(H2,20,21)/t14-/m0/s1. The first kappa shape index (κ1) is 19.7. The Morgan fingerprint density at radius 1 is 1.41 bits per heavy atom. The molecule has 0 aliphatic carbocycles. The molecule has 2 aliphatic rings. The maximum atomic E-state index is 12.3. The van der Waals surface area contributed by atoms with Crippen LogP contribution >= 0.6 is 0 Å². The lowest BCUT2D eigenvalue weighted by Gasteiger charge is -2.33. The Bertz CT molecular complexity index is 849. The number of fused-ring (bicyclic) bond motifs is 1. The Morgan fingerprint density at radius 2 is 2.19 bits per heavy atom. The van der Waals surface area contributed by atoms with Crippen LogP contribution in [0.2, 0.25) is 0 Å². The Morgan fingerprint density at radius 3 is 2.93 bits per heavy atom. The molecule has 1 aromatic carbocycles. The number of carbonyl (C=O) groups excluding carboxylic acids is 1. The minimum absolute atomic E-state index is 0.0239. The van der Waals surface area contributed by atoms with Gasteiger partial charge in [0.2, 0.25) is 5.91 Å². The van der Waals surface area contributed by atoms with Crippen LogP contribution in [-0.2, 0) is 20.6 Å². The number of amides is 1. The van der Waals surface area contributed by atoms with Gasteiger partial charge in [-0.1, -0.05) is 26.0 Å². The highest BCUT2D eigenvalue weighted by molar-refractivity contribution is 7.89. The summed E-state index contributed by atoms with van der Waals surface area (Å²) >= 11 is 0. The molecule has 1 atom stereocenters. The molecule has 1 saturated heterocycles. The van der Waals surface area contributed by atoms with Crippen LogP contribution in [0.15, 0.2) is 22.6 Å². The van der Waals surface area contributed by atoms with E-state index in [1.165, 1.54) is 0 Å². The highest BCUT2D eigenvalue weighted by Gasteiger charge is 2.27. The first-order valence-corrected chi connectivity index (χ1v) is 11.0. The van der Waals surface area contributed by atoms with E-state index in [0.717, 1.165) is 19.4 Å². The van der Waals surface area contributed by atoms with Crippen molar-refractivity contribution >= 4 is 21.8 Å². The Balaban J connectivity index is 1.67. The summed E-state index contributed by atoms with van der Waals surface area (Å²) in [7, 11) is -3.56. The van der Waals surface area contributed by atoms with Gasteiger partial charge in [-0.25, -0.2) is 8.42 Å². The van der Waals surface area contributed by atoms with Gasteiger partial charge in [-0.2, -0.15) is 0 Å². The smallest absolute Gasteiger partial charge is 0.259 e. The van der Waals surface area contributed by atoms with Crippen molar-refractivity contribution in [1.82, 2.24) is 4.90 Å². The highest BCUT2D eigenvalue weighted by Crippen LogP contribution is 2.29. The zero-order valence-corrected chi connectivity index (χ0v) is 16.7. The molecule has 1 aromatic rings. The topological polar surface area (TPSA) is 102 Å². The first-order chi connectivity index (χ1) is 12.7. The van der Waals surface area contributed by atoms with Crippen molar-refractivity contribution in [3.63, 3.8) is 0 Å². The number of nitrogens with two attached hydrogens (primary N) is 1. The Labute approximate surface area is 160 Å². The van der Waals surface area contributed by atoms with Crippen molar-refractivity contribution in [3.8, 4) is 5.75 Å². The van der Waals surface area contributed by atoms with E-state index in [2.05, 4.69) is 4.40 Å². The summed E-state index contributed by atoms with van der Waals surface area (Å²) in [4.78, 5) is 14.3. The predicted molar refractivity (Wildman–Crippen MR) is 104 cm³/mol. The van der Waals surface area contributed by atoms with Crippen LogP contribution in [0.5, 0.6) is 5.75 Å². The lowest BCUT2D eigenvalue weighted by molar-refractivity contribution is -0.134. The van der Waals surface area contributed by atoms with E-state index in [1.54, 1.807) is 18.2 Å². The number of hydrogen-bond acceptors (Lipinski definition) is 5. The number of amidine groups is 1. The molecule has 148 valence electrons. The second kappa shape index (κ2) is 7.88. The van der Waals surface area contributed by atoms with Gasteiger partial charge in [0.15, 0.2) is 0 Å². The second-order valence-corrected chi connectivity index (χ2v) is 9.39. The molecule has 2 aliphatic heterocycles. The fourth-order valence-corrected chi connectivity index (χ4v) is 4.73. The average molecular weight is 394 g/mol. The summed E-state index contributed by atoms with van der Waals surface area (Å²) in [6.45, 7) is 6.06. The lowest BCUT2D eigenvalue weighted by Crippen LogP contribution is -2.42. The number of likely N-dealkylation sites (tertiary alicyclic amines) is 1. The summed E-state index contributed by atoms with van der Waals surface area (Å²) in [6.07, 6.45) is 2.53. The molecule has 2 N–H and O–H groups in total. The van der Waals surface area contributed by atoms with E-state index < -0.39 is 10.0 Å². The highest BCUT2D eigenvalue weighted by atomic mass is 32.2. The number of benzene rings is 1. The van der Waals surface area contributed by atoms with Crippen LogP contribution in [0.3, 0.4) is 0 Å². The van der Waals surface area contributed by atoms with Gasteiger partial charge < -0.3 is 15.4 Å². The molecule has 0 bridgehead atoms. The molecule has 0 spiro atoms. The van der Waals surface area contributed by atoms with E-state index in [9.17, 15) is 13.2 Å². The van der Waals surface area contributed by atoms with Gasteiger partial charge >= 0.3 is 0 Å². The average Bonchev–Trinajstić information content (AvgIpc) is 2.58. The SMILES string of the molecule is CC(C)CC(=O)N1CCC[C@H](COc2cccc3c2C(N)=NS(=O)(=O)C3)C1. The third-order valence-electron chi connectivity index (χ3n) is 4.87. The normalized spacial score (nSPS) is 21.5. The van der Waals surface area contributed by atoms with Gasteiger partial charge in [-0.05, 0) is 30.4 Å². The fraction of sp³-hybridized carbons (Fsp3) is 0.579. The van der Waals surface area contributed by atoms with Crippen molar-refractivity contribution in [2.75, 3.05) is 19.7 Å². The fourth-order valence-electron chi connectivity index (χ4n) is 3.65. The van der Waals surface area contributed by atoms with Gasteiger partial charge in [0.1, 0.15) is 11.6 Å². The monoisotopic (exact) mass is 393 g/mol. The van der Waals surface area contributed by atoms with Crippen LogP contribution in [0, 0.1) is 11.8 Å². The van der Waals surface area contributed by atoms with Crippen LogP contribution in [-0.4, -0.2) is 44.8 Å². The van der Waals surface area contributed by atoms with E-state index in [0.29, 0.717) is 42.4 Å². The van der Waals surface area contributed by atoms with Gasteiger partial charge in [0.25, 0.3) is 10.0 Å². The van der Waals surface area contributed by atoms with Gasteiger partial charge in [-0.3, -0.25) is 4.79 Å². The van der Waals surface area contributed by atoms with E-state index >= 15 is 0 Å². The van der Waals surface area contributed by atoms with E-state index in [4.69, 9.17) is 10.5 Å². The van der Waals surface area contributed by atoms with E-state index in [-0.39, 0.29) is 23.4 Å². The van der Waals surface area contributed by atoms with Crippen molar-refractivity contribution in [2.45, 2.75) is 38.9 Å². The minimum Gasteiger partial charge on any atom is -0.492 e. The number of piperidine rings is 1. The number of ether oxygens (including phenoxy) is 1. The van der Waals surface area contributed by atoms with Crippen molar-refractivity contribution in [2.24, 2.45) is 22.0 Å². The van der Waals surface area contributed by atoms with Gasteiger partial charge in [0, 0.05) is 25.4 Å². The quantitative estimate of drug-likeness (QED) is 0.823. The second-order valence-electron chi connectivity index (χ2n) is 7.75. The lowest BCUT2D eigenvalue weighted by atomic mass is 9.97. The van der Waals surface area contributed by atoms with Crippen LogP contribution < -0.4 is 10.5 Å². The molecule has 3 rings (SSSR count). The summed E-state index contributed by atoms with van der Waals surface area (Å²) in [6, 6.07) is 5.28. The van der Waals surface area contributed by atoms with Crippen molar-refractivity contribution in [1.29, 1.82) is 0 Å². The zero-order chi connectivity index (χ0) is 19.6. The first-order valence-electron chi connectivity index (χ1n) is 9.36. The van der Waals surface area contributed by atoms with Gasteiger partial charge in [-0.15, -0.1) is 4.40 Å². The molecular weight excluding hydrogens is 366 g/mol. The molecule has 1 amide bonds. The van der Waals surface area contributed by atoms with Crippen LogP contribution in [0.25, 0.3) is 0 Å². The number of carbonyl (C=O) groups is 1. The van der Waals surface area contributed by atoms with Gasteiger partial charge in [0.05, 0.1) is 17.9 Å². The van der Waals surface area contributed by atoms with Crippen LogP contribution in [0.4, 0.5) is 0 Å². The molecule has 0 radical (unpaired) electrons. The number of rotatable bonds is 5. The zero-order valence-electron chi connectivity index (χ0n) is 15.8. The molecule has 2 heterocycles. The maximum absolute atomic E-state index is 12.3. The Kier molecular flexibility index (Phi) is 5.74. The summed E-state index contributed by atoms with van der Waals surface area (Å²) in [5.74, 6) is 1.16. The predicted octanol–water partition coefficient (Wildman–Crippen LogP) is 1.90. The number of hydrogen-bond donors (Lipinski definition) is 1. The van der Waals surface area contributed by atoms with E-state index in [1.807, 2.05) is 18.7 Å². The van der Waals surface area contributed by atoms with Crippen molar-refractivity contribution < 1.29 is 17.9 Å². The molecule has 27 heavy (non-hydrogen) atoms. The summed E-state index contributed by atoms with van der Waals surface area (Å²) in [5.41, 5.74) is 7.05. The summed E-state index contributed by atoms with van der Waals surface area (Å²) < 4.78 is 33.1.